The van der Waals surface area contributed by atoms with Gasteiger partial charge in [-0.05, 0) is 112 Å². The van der Waals surface area contributed by atoms with Crippen LogP contribution in [0.2, 0.25) is 0 Å². The van der Waals surface area contributed by atoms with Gasteiger partial charge in [0.05, 0.1) is 0 Å². The molecule has 1 saturated heterocycles. The highest BCUT2D eigenvalue weighted by Crippen LogP contribution is 2.40. The van der Waals surface area contributed by atoms with E-state index in [1.807, 2.05) is 7.05 Å². The average molecular weight is 501 g/mol. The molecular weight excluding hydrogens is 428 g/mol. The van der Waals surface area contributed by atoms with Gasteiger partial charge in [0, 0.05) is 7.47 Å². The Morgan fingerprint density at radius 2 is 1.23 bits per heavy atom. The van der Waals surface area contributed by atoms with E-state index >= 15 is 0 Å². The first kappa shape index (κ1) is 37.0. The Balaban J connectivity index is -0.000000402. The zero-order valence-corrected chi connectivity index (χ0v) is 26.7. The minimum absolute atomic E-state index is 0. The van der Waals surface area contributed by atoms with Crippen LogP contribution in [-0.2, 0) is 0 Å². The highest BCUT2D eigenvalue weighted by Gasteiger charge is 2.34. The van der Waals surface area contributed by atoms with Gasteiger partial charge in [0.1, 0.15) is 0 Å². The molecular formula is C31H72N4. The van der Waals surface area contributed by atoms with Gasteiger partial charge in [0.15, 0.2) is 0 Å². The van der Waals surface area contributed by atoms with Crippen LogP contribution in [0.3, 0.4) is 0 Å². The van der Waals surface area contributed by atoms with Crippen LogP contribution >= 0.6 is 0 Å². The molecule has 6 N–H and O–H groups in total. The van der Waals surface area contributed by atoms with Gasteiger partial charge in [-0.1, -0.05) is 83.1 Å². The monoisotopic (exact) mass is 501 g/mol. The second-order valence-electron chi connectivity index (χ2n) is 15.8. The average Bonchev–Trinajstić information content (AvgIpc) is 2.59. The third-order valence-electron chi connectivity index (χ3n) is 6.82. The molecule has 0 atom stereocenters. The minimum Gasteiger partial charge on any atom is -0.330 e. The lowest BCUT2D eigenvalue weighted by Gasteiger charge is -2.41. The third kappa shape index (κ3) is 26.7. The van der Waals surface area contributed by atoms with Gasteiger partial charge in [-0.25, -0.2) is 0 Å². The first-order valence-electron chi connectivity index (χ1n) is 14.5. The SMILES string of the molecule is CC(C)(C)C1CC(N)C1.CC(C)(C)CCC1CNC1.CC(C)(C)CCCN.CNCCC(C)(C)C.[HH]. The molecule has 35 heavy (non-hydrogen) atoms. The minimum atomic E-state index is 0. The van der Waals surface area contributed by atoms with Crippen molar-refractivity contribution in [3.8, 4) is 0 Å². The first-order chi connectivity index (χ1) is 15.7. The van der Waals surface area contributed by atoms with Crippen LogP contribution in [0, 0.1) is 33.5 Å². The number of nitrogens with one attached hydrogen (secondary N) is 2. The summed E-state index contributed by atoms with van der Waals surface area (Å²) < 4.78 is 0. The molecule has 0 unspecified atom stereocenters. The molecule has 1 heterocycles. The van der Waals surface area contributed by atoms with Crippen molar-refractivity contribution in [3.63, 3.8) is 0 Å². The normalized spacial score (nSPS) is 20.7. The van der Waals surface area contributed by atoms with Gasteiger partial charge >= 0.3 is 0 Å². The molecule has 0 spiro atoms. The highest BCUT2D eigenvalue weighted by atomic mass is 14.9. The Hall–Kier alpha value is -0.160. The summed E-state index contributed by atoms with van der Waals surface area (Å²) >= 11 is 0. The molecule has 0 aromatic heterocycles. The fourth-order valence-corrected chi connectivity index (χ4v) is 3.69. The summed E-state index contributed by atoms with van der Waals surface area (Å²) in [5, 5.41) is 6.42. The maximum absolute atomic E-state index is 5.67. The molecule has 4 nitrogen and oxygen atoms in total. The quantitative estimate of drug-likeness (QED) is 0.305. The van der Waals surface area contributed by atoms with E-state index < -0.39 is 0 Å². The van der Waals surface area contributed by atoms with E-state index in [4.69, 9.17) is 11.5 Å². The van der Waals surface area contributed by atoms with Crippen molar-refractivity contribution in [2.45, 2.75) is 134 Å². The number of hydrogen-bond donors (Lipinski definition) is 4. The summed E-state index contributed by atoms with van der Waals surface area (Å²) in [4.78, 5) is 0. The topological polar surface area (TPSA) is 76.1 Å². The van der Waals surface area contributed by atoms with Gasteiger partial charge in [0.2, 0.25) is 0 Å². The molecule has 0 radical (unpaired) electrons. The van der Waals surface area contributed by atoms with Gasteiger partial charge in [-0.2, -0.15) is 0 Å². The predicted molar refractivity (Wildman–Crippen MR) is 163 cm³/mol. The number of hydrogen-bond acceptors (Lipinski definition) is 4. The molecule has 1 aliphatic heterocycles. The lowest BCUT2D eigenvalue weighted by molar-refractivity contribution is 0.118. The van der Waals surface area contributed by atoms with Crippen molar-refractivity contribution in [2.75, 3.05) is 33.2 Å². The molecule has 216 valence electrons. The van der Waals surface area contributed by atoms with Gasteiger partial charge in [-0.15, -0.1) is 0 Å². The Morgan fingerprint density at radius 3 is 1.40 bits per heavy atom. The molecule has 1 saturated carbocycles. The van der Waals surface area contributed by atoms with E-state index in [1.165, 1.54) is 51.6 Å². The van der Waals surface area contributed by atoms with E-state index in [0.29, 0.717) is 27.7 Å². The molecule has 2 rings (SSSR count). The molecule has 2 fully saturated rings. The fraction of sp³-hybridized carbons (Fsp3) is 1.00. The maximum Gasteiger partial charge on any atom is 0.00445 e. The van der Waals surface area contributed by atoms with Crippen LogP contribution in [0.15, 0.2) is 0 Å². The van der Waals surface area contributed by atoms with Crippen molar-refractivity contribution in [3.05, 3.63) is 0 Å². The number of rotatable bonds is 6. The second kappa shape index (κ2) is 17.4. The van der Waals surface area contributed by atoms with Crippen LogP contribution in [-0.4, -0.2) is 39.3 Å². The summed E-state index contributed by atoms with van der Waals surface area (Å²) in [6, 6.07) is 0.509. The lowest BCUT2D eigenvalue weighted by Crippen LogP contribution is -2.42. The standard InChI is InChI=1S/C9H19N.C8H17N.2C7H17N.H2/c1-9(2,3)5-4-8-6-10-7-8;1-8(2,3)6-4-7(9)5-6;1-7(2,3)5-6-8-4;1-7(2,3)5-4-6-8;/h8,10H,4-7H2,1-3H3;6-7H,4-5,9H2,1-3H3;8H,5-6H2,1-4H3;4-6,8H2,1-3H3;1H. The van der Waals surface area contributed by atoms with Crippen molar-refractivity contribution in [1.82, 2.24) is 10.6 Å². The first-order valence-corrected chi connectivity index (χ1v) is 14.5. The zero-order chi connectivity index (χ0) is 27.9. The summed E-state index contributed by atoms with van der Waals surface area (Å²) in [7, 11) is 1.99. The van der Waals surface area contributed by atoms with Crippen LogP contribution in [0.25, 0.3) is 0 Å². The number of nitrogens with two attached hydrogens (primary N) is 2. The smallest absolute Gasteiger partial charge is 0.00445 e. The van der Waals surface area contributed by atoms with Gasteiger partial charge < -0.3 is 22.1 Å². The summed E-state index contributed by atoms with van der Waals surface area (Å²) in [6.07, 6.45) is 8.92. The van der Waals surface area contributed by atoms with Gasteiger partial charge in [0.25, 0.3) is 0 Å². The van der Waals surface area contributed by atoms with Crippen LogP contribution < -0.4 is 22.1 Å². The largest absolute Gasteiger partial charge is 0.330 e. The highest BCUT2D eigenvalue weighted by molar-refractivity contribution is 4.89. The summed E-state index contributed by atoms with van der Waals surface area (Å²) in [5.74, 6) is 1.87. The summed E-state index contributed by atoms with van der Waals surface area (Å²) in [6.45, 7) is 31.8. The van der Waals surface area contributed by atoms with Crippen molar-refractivity contribution >= 4 is 0 Å². The second-order valence-corrected chi connectivity index (χ2v) is 15.8. The van der Waals surface area contributed by atoms with Crippen molar-refractivity contribution in [2.24, 2.45) is 45.0 Å². The molecule has 2 aliphatic rings. The summed E-state index contributed by atoms with van der Waals surface area (Å²) in [5.41, 5.74) is 13.0. The third-order valence-corrected chi connectivity index (χ3v) is 6.82. The van der Waals surface area contributed by atoms with E-state index in [-0.39, 0.29) is 1.43 Å². The van der Waals surface area contributed by atoms with E-state index in [0.717, 1.165) is 31.3 Å². The van der Waals surface area contributed by atoms with E-state index in [9.17, 15) is 0 Å². The van der Waals surface area contributed by atoms with Crippen molar-refractivity contribution in [1.29, 1.82) is 0 Å². The predicted octanol–water partition coefficient (Wildman–Crippen LogP) is 7.46. The fourth-order valence-electron chi connectivity index (χ4n) is 3.69. The van der Waals surface area contributed by atoms with E-state index in [1.54, 1.807) is 0 Å². The van der Waals surface area contributed by atoms with Crippen LogP contribution in [0.4, 0.5) is 0 Å². The Labute approximate surface area is 224 Å². The van der Waals surface area contributed by atoms with E-state index in [2.05, 4.69) is 93.7 Å². The molecule has 4 heteroatoms. The molecule has 0 aromatic rings. The Bertz CT molecular complexity index is 467. The zero-order valence-electron chi connectivity index (χ0n) is 26.7. The van der Waals surface area contributed by atoms with Crippen LogP contribution in [0.5, 0.6) is 0 Å². The van der Waals surface area contributed by atoms with Gasteiger partial charge in [-0.3, -0.25) is 0 Å². The van der Waals surface area contributed by atoms with Crippen molar-refractivity contribution < 1.29 is 1.43 Å². The lowest BCUT2D eigenvalue weighted by atomic mass is 9.66. The maximum atomic E-state index is 5.67. The molecule has 0 bridgehead atoms. The molecule has 1 aliphatic carbocycles. The Morgan fingerprint density at radius 1 is 0.771 bits per heavy atom. The van der Waals surface area contributed by atoms with Crippen LogP contribution in [0.1, 0.15) is 129 Å². The Kier molecular flexibility index (Phi) is 18.4. The molecule has 0 amide bonds. The molecule has 0 aromatic carbocycles.